The van der Waals surface area contributed by atoms with Crippen LogP contribution in [-0.4, -0.2) is 40.0 Å². The summed E-state index contributed by atoms with van der Waals surface area (Å²) < 4.78 is 37.0. The van der Waals surface area contributed by atoms with Crippen LogP contribution >= 0.6 is 0 Å². The van der Waals surface area contributed by atoms with Crippen LogP contribution in [0.2, 0.25) is 0 Å². The first kappa shape index (κ1) is 18.3. The maximum Gasteiger partial charge on any atom is 0.242 e. The third-order valence-electron chi connectivity index (χ3n) is 3.75. The quantitative estimate of drug-likeness (QED) is 0.735. The van der Waals surface area contributed by atoms with Crippen LogP contribution in [0.4, 0.5) is 0 Å². The summed E-state index contributed by atoms with van der Waals surface area (Å²) in [6, 6.07) is 14.2. The first-order valence-electron chi connectivity index (χ1n) is 7.79. The Kier molecular flexibility index (Phi) is 6.23. The van der Waals surface area contributed by atoms with E-state index in [1.54, 1.807) is 26.3 Å². The average Bonchev–Trinajstić information content (AvgIpc) is 2.61. The van der Waals surface area contributed by atoms with E-state index in [9.17, 15) is 8.42 Å². The zero-order valence-corrected chi connectivity index (χ0v) is 15.0. The third-order valence-corrected chi connectivity index (χ3v) is 5.62. The van der Waals surface area contributed by atoms with Gasteiger partial charge in [-0.3, -0.25) is 0 Å². The molecule has 24 heavy (non-hydrogen) atoms. The molecule has 130 valence electrons. The fourth-order valence-electron chi connectivity index (χ4n) is 2.20. The van der Waals surface area contributed by atoms with Crippen molar-refractivity contribution in [2.45, 2.75) is 18.2 Å². The number of rotatable bonds is 8. The van der Waals surface area contributed by atoms with Gasteiger partial charge in [-0.15, -0.1) is 0 Å². The van der Waals surface area contributed by atoms with Crippen LogP contribution in [0.1, 0.15) is 12.5 Å². The number of hydrogen-bond acceptors (Lipinski definition) is 4. The predicted molar refractivity (Wildman–Crippen MR) is 94.1 cm³/mol. The molecule has 0 aliphatic carbocycles. The average molecular weight is 349 g/mol. The van der Waals surface area contributed by atoms with Crippen LogP contribution in [-0.2, 0) is 16.4 Å². The van der Waals surface area contributed by atoms with E-state index in [2.05, 4.69) is 6.92 Å². The van der Waals surface area contributed by atoms with Crippen LogP contribution in [0.25, 0.3) is 0 Å². The molecule has 0 radical (unpaired) electrons. The normalized spacial score (nSPS) is 11.5. The van der Waals surface area contributed by atoms with Crippen LogP contribution in [0.5, 0.6) is 11.5 Å². The zero-order chi connectivity index (χ0) is 17.6. The Balaban J connectivity index is 1.96. The molecule has 0 N–H and O–H groups in total. The van der Waals surface area contributed by atoms with Gasteiger partial charge in [0.25, 0.3) is 0 Å². The largest absolute Gasteiger partial charge is 0.497 e. The van der Waals surface area contributed by atoms with E-state index in [1.165, 1.54) is 22.0 Å². The maximum absolute atomic E-state index is 12.5. The lowest BCUT2D eigenvalue weighted by Crippen LogP contribution is -2.31. The summed E-state index contributed by atoms with van der Waals surface area (Å²) in [4.78, 5) is 0.235. The molecule has 0 unspecified atom stereocenters. The Bertz CT molecular complexity index is 757. The number of sulfonamides is 1. The summed E-state index contributed by atoms with van der Waals surface area (Å²) >= 11 is 0. The molecule has 0 heterocycles. The van der Waals surface area contributed by atoms with Gasteiger partial charge in [-0.1, -0.05) is 19.1 Å². The monoisotopic (exact) mass is 349 g/mol. The van der Waals surface area contributed by atoms with Crippen molar-refractivity contribution in [3.8, 4) is 11.5 Å². The van der Waals surface area contributed by atoms with Gasteiger partial charge in [-0.25, -0.2) is 8.42 Å². The Morgan fingerprint density at radius 3 is 2.38 bits per heavy atom. The molecular formula is C18H23NO4S. The van der Waals surface area contributed by atoms with E-state index in [-0.39, 0.29) is 11.4 Å². The van der Waals surface area contributed by atoms with E-state index >= 15 is 0 Å². The summed E-state index contributed by atoms with van der Waals surface area (Å²) in [6.07, 6.45) is 0.933. The first-order valence-corrected chi connectivity index (χ1v) is 9.23. The highest BCUT2D eigenvalue weighted by Crippen LogP contribution is 2.19. The van der Waals surface area contributed by atoms with Gasteiger partial charge in [0.05, 0.1) is 12.0 Å². The minimum atomic E-state index is -3.53. The van der Waals surface area contributed by atoms with Crippen molar-refractivity contribution in [3.05, 3.63) is 54.1 Å². The molecule has 0 saturated carbocycles. The molecule has 0 aromatic heterocycles. The van der Waals surface area contributed by atoms with Gasteiger partial charge in [0.2, 0.25) is 10.0 Å². The lowest BCUT2D eigenvalue weighted by molar-refractivity contribution is 0.286. The highest BCUT2D eigenvalue weighted by molar-refractivity contribution is 7.89. The second-order valence-corrected chi connectivity index (χ2v) is 7.40. The van der Waals surface area contributed by atoms with E-state index in [4.69, 9.17) is 9.47 Å². The van der Waals surface area contributed by atoms with Gasteiger partial charge >= 0.3 is 0 Å². The molecule has 2 rings (SSSR count). The number of nitrogens with zero attached hydrogens (tertiary/aromatic N) is 1. The highest BCUT2D eigenvalue weighted by Gasteiger charge is 2.20. The highest BCUT2D eigenvalue weighted by atomic mass is 32.2. The number of ether oxygens (including phenoxy) is 2. The van der Waals surface area contributed by atoms with Gasteiger partial charge in [0, 0.05) is 13.6 Å². The van der Waals surface area contributed by atoms with Crippen molar-refractivity contribution in [2.75, 3.05) is 27.3 Å². The molecule has 0 saturated heterocycles. The molecule has 0 bridgehead atoms. The molecule has 2 aromatic carbocycles. The minimum absolute atomic E-state index is 0.235. The van der Waals surface area contributed by atoms with E-state index < -0.39 is 10.0 Å². The van der Waals surface area contributed by atoms with Gasteiger partial charge in [-0.05, 0) is 48.4 Å². The molecule has 6 heteroatoms. The van der Waals surface area contributed by atoms with Crippen molar-refractivity contribution in [1.82, 2.24) is 4.31 Å². The Labute approximate surface area is 143 Å². The number of methoxy groups -OCH3 is 1. The van der Waals surface area contributed by atoms with Crippen LogP contribution in [0.15, 0.2) is 53.4 Å². The lowest BCUT2D eigenvalue weighted by Gasteiger charge is -2.18. The number of benzene rings is 2. The molecule has 0 aliphatic heterocycles. The molecule has 0 fully saturated rings. The summed E-state index contributed by atoms with van der Waals surface area (Å²) in [7, 11) is -0.444. The van der Waals surface area contributed by atoms with Crippen molar-refractivity contribution < 1.29 is 17.9 Å². The van der Waals surface area contributed by atoms with Gasteiger partial charge in [-0.2, -0.15) is 4.31 Å². The molecule has 0 atom stereocenters. The standard InChI is InChI=1S/C18H23NO4S/c1-4-15-6-5-7-17(14-15)23-13-12-19(2)24(20,21)18-10-8-16(22-3)9-11-18/h5-11,14H,4,12-13H2,1-3H3. The molecule has 2 aromatic rings. The zero-order valence-electron chi connectivity index (χ0n) is 14.2. The number of aryl methyl sites for hydroxylation is 1. The van der Waals surface area contributed by atoms with Crippen molar-refractivity contribution in [1.29, 1.82) is 0 Å². The summed E-state index contributed by atoms with van der Waals surface area (Å²) in [5, 5.41) is 0. The van der Waals surface area contributed by atoms with Crippen molar-refractivity contribution in [3.63, 3.8) is 0 Å². The fourth-order valence-corrected chi connectivity index (χ4v) is 3.35. The van der Waals surface area contributed by atoms with E-state index in [1.807, 2.05) is 24.3 Å². The van der Waals surface area contributed by atoms with Crippen LogP contribution < -0.4 is 9.47 Å². The van der Waals surface area contributed by atoms with Gasteiger partial charge < -0.3 is 9.47 Å². The summed E-state index contributed by atoms with van der Waals surface area (Å²) in [5.74, 6) is 1.38. The van der Waals surface area contributed by atoms with Crippen molar-refractivity contribution in [2.24, 2.45) is 0 Å². The smallest absolute Gasteiger partial charge is 0.242 e. The van der Waals surface area contributed by atoms with E-state index in [0.29, 0.717) is 12.4 Å². The molecule has 0 spiro atoms. The van der Waals surface area contributed by atoms with Crippen molar-refractivity contribution >= 4 is 10.0 Å². The third kappa shape index (κ3) is 4.49. The van der Waals surface area contributed by atoms with Gasteiger partial charge in [0.1, 0.15) is 18.1 Å². The first-order chi connectivity index (χ1) is 11.5. The lowest BCUT2D eigenvalue weighted by atomic mass is 10.2. The fraction of sp³-hybridized carbons (Fsp3) is 0.333. The topological polar surface area (TPSA) is 55.8 Å². The maximum atomic E-state index is 12.5. The number of likely N-dealkylation sites (N-methyl/N-ethyl adjacent to an activating group) is 1. The summed E-state index contributed by atoms with van der Waals surface area (Å²) in [6.45, 7) is 2.64. The Morgan fingerprint density at radius 2 is 1.75 bits per heavy atom. The molecule has 5 nitrogen and oxygen atoms in total. The SMILES string of the molecule is CCc1cccc(OCCN(C)S(=O)(=O)c2ccc(OC)cc2)c1. The molecule has 0 aliphatic rings. The van der Waals surface area contributed by atoms with Gasteiger partial charge in [0.15, 0.2) is 0 Å². The second kappa shape index (κ2) is 8.17. The summed E-state index contributed by atoms with van der Waals surface area (Å²) in [5.41, 5.74) is 1.19. The van der Waals surface area contributed by atoms with Crippen LogP contribution in [0, 0.1) is 0 Å². The van der Waals surface area contributed by atoms with Crippen LogP contribution in [0.3, 0.4) is 0 Å². The minimum Gasteiger partial charge on any atom is -0.497 e. The Hall–Kier alpha value is -2.05. The molecule has 0 amide bonds. The number of hydrogen-bond donors (Lipinski definition) is 0. The molecular weight excluding hydrogens is 326 g/mol. The second-order valence-electron chi connectivity index (χ2n) is 5.35. The predicted octanol–water partition coefficient (Wildman–Crippen LogP) is 2.96. The Morgan fingerprint density at radius 1 is 1.04 bits per heavy atom. The van der Waals surface area contributed by atoms with E-state index in [0.717, 1.165) is 12.2 Å².